The molecule has 2 atom stereocenters. The van der Waals surface area contributed by atoms with Gasteiger partial charge in [0.2, 0.25) is 5.91 Å². The third-order valence-electron chi connectivity index (χ3n) is 5.58. The molecule has 2 heterocycles. The molecule has 0 bridgehead atoms. The number of pyridine rings is 1. The number of amides is 1. The highest BCUT2D eigenvalue weighted by Crippen LogP contribution is 2.22. The standard InChI is InChI=1S/C26H32N2O5S/c29-23(17-21-3-1-4-24(18-21)33-19-20-10-12-27-13-11-20)8-6-22-7-9-25(30)28(22)14-16-34-15-2-5-26(31)32/h1,3-4,6,8,10-13,18,22-23,29H,2,5,7,9,14-17,19H2,(H,31,32)/t22-,23+/m0/s1. The minimum Gasteiger partial charge on any atom is -0.489 e. The molecule has 1 amide bonds. The van der Waals surface area contributed by atoms with Gasteiger partial charge in [-0.25, -0.2) is 0 Å². The van der Waals surface area contributed by atoms with E-state index in [9.17, 15) is 14.7 Å². The van der Waals surface area contributed by atoms with Crippen LogP contribution in [0.3, 0.4) is 0 Å². The number of aromatic nitrogens is 1. The summed E-state index contributed by atoms with van der Waals surface area (Å²) in [6.07, 6.45) is 9.08. The van der Waals surface area contributed by atoms with Crippen molar-refractivity contribution < 1.29 is 24.5 Å². The van der Waals surface area contributed by atoms with Crippen molar-refractivity contribution in [2.45, 2.75) is 50.9 Å². The number of ether oxygens (including phenoxy) is 1. The SMILES string of the molecule is O=C(O)CCCSCCN1C(=O)CC[C@@H]1C=C[C@@H](O)Cc1cccc(OCc2ccncc2)c1. The summed E-state index contributed by atoms with van der Waals surface area (Å²) < 4.78 is 5.85. The quantitative estimate of drug-likeness (QED) is 0.311. The van der Waals surface area contributed by atoms with E-state index in [1.807, 2.05) is 47.4 Å². The molecular formula is C26H32N2O5S. The van der Waals surface area contributed by atoms with Crippen LogP contribution in [0, 0.1) is 0 Å². The zero-order valence-electron chi connectivity index (χ0n) is 19.2. The Morgan fingerprint density at radius 2 is 2.06 bits per heavy atom. The van der Waals surface area contributed by atoms with Crippen LogP contribution in [0.15, 0.2) is 60.9 Å². The van der Waals surface area contributed by atoms with Gasteiger partial charge in [-0.2, -0.15) is 11.8 Å². The van der Waals surface area contributed by atoms with E-state index >= 15 is 0 Å². The van der Waals surface area contributed by atoms with Gasteiger partial charge in [0.05, 0.1) is 12.1 Å². The number of carboxylic acids is 1. The molecule has 1 saturated heterocycles. The third-order valence-corrected chi connectivity index (χ3v) is 6.63. The molecule has 2 N–H and O–H groups in total. The lowest BCUT2D eigenvalue weighted by atomic mass is 10.1. The first-order chi connectivity index (χ1) is 16.5. The minimum atomic E-state index is -0.775. The van der Waals surface area contributed by atoms with Crippen LogP contribution >= 0.6 is 11.8 Å². The number of carbonyl (C=O) groups is 2. The number of hydrogen-bond acceptors (Lipinski definition) is 6. The number of carboxylic acid groups (broad SMARTS) is 1. The number of nitrogens with zero attached hydrogens (tertiary/aromatic N) is 2. The number of aliphatic hydroxyl groups is 1. The van der Waals surface area contributed by atoms with Crippen LogP contribution in [-0.2, 0) is 22.6 Å². The summed E-state index contributed by atoms with van der Waals surface area (Å²) in [6, 6.07) is 11.5. The van der Waals surface area contributed by atoms with Crippen LogP contribution < -0.4 is 4.74 Å². The van der Waals surface area contributed by atoms with Gasteiger partial charge in [0, 0.05) is 44.0 Å². The fourth-order valence-corrected chi connectivity index (χ4v) is 4.69. The number of likely N-dealkylation sites (tertiary alicyclic amines) is 1. The van der Waals surface area contributed by atoms with Crippen LogP contribution in [0.25, 0.3) is 0 Å². The van der Waals surface area contributed by atoms with Gasteiger partial charge in [-0.1, -0.05) is 24.3 Å². The van der Waals surface area contributed by atoms with Crippen LogP contribution in [0.5, 0.6) is 5.75 Å². The van der Waals surface area contributed by atoms with Gasteiger partial charge in [-0.15, -0.1) is 0 Å². The zero-order chi connectivity index (χ0) is 24.2. The summed E-state index contributed by atoms with van der Waals surface area (Å²) in [7, 11) is 0. The van der Waals surface area contributed by atoms with Crippen molar-refractivity contribution in [2.75, 3.05) is 18.1 Å². The second kappa shape index (κ2) is 13.8. The Morgan fingerprint density at radius 1 is 1.24 bits per heavy atom. The minimum absolute atomic E-state index is 0.00296. The van der Waals surface area contributed by atoms with E-state index in [1.54, 1.807) is 30.2 Å². The summed E-state index contributed by atoms with van der Waals surface area (Å²) in [5.74, 6) is 1.67. The molecule has 8 heteroatoms. The number of hydrogen-bond donors (Lipinski definition) is 2. The zero-order valence-corrected chi connectivity index (χ0v) is 20.0. The Labute approximate surface area is 204 Å². The highest BCUT2D eigenvalue weighted by atomic mass is 32.2. The van der Waals surface area contributed by atoms with Crippen molar-refractivity contribution in [3.63, 3.8) is 0 Å². The molecule has 0 unspecified atom stereocenters. The van der Waals surface area contributed by atoms with Crippen LogP contribution in [0.4, 0.5) is 0 Å². The highest BCUT2D eigenvalue weighted by Gasteiger charge is 2.28. The van der Waals surface area contributed by atoms with Crippen molar-refractivity contribution in [2.24, 2.45) is 0 Å². The first kappa shape index (κ1) is 25.8. The topological polar surface area (TPSA) is 100.0 Å². The molecule has 2 aromatic rings. The van der Waals surface area contributed by atoms with Crippen molar-refractivity contribution in [1.29, 1.82) is 0 Å². The molecule has 182 valence electrons. The molecule has 1 fully saturated rings. The molecule has 1 aromatic heterocycles. The average molecular weight is 485 g/mol. The second-order valence-corrected chi connectivity index (χ2v) is 9.48. The maximum atomic E-state index is 12.3. The van der Waals surface area contributed by atoms with Gasteiger partial charge in [0.15, 0.2) is 0 Å². The summed E-state index contributed by atoms with van der Waals surface area (Å²) >= 11 is 1.67. The average Bonchev–Trinajstić information content (AvgIpc) is 3.18. The summed E-state index contributed by atoms with van der Waals surface area (Å²) in [5.41, 5.74) is 2.01. The number of thioether (sulfide) groups is 1. The molecule has 7 nitrogen and oxygen atoms in total. The molecular weight excluding hydrogens is 452 g/mol. The highest BCUT2D eigenvalue weighted by molar-refractivity contribution is 7.99. The predicted molar refractivity (Wildman–Crippen MR) is 133 cm³/mol. The molecule has 1 aliphatic rings. The normalized spacial score (nSPS) is 16.8. The first-order valence-electron chi connectivity index (χ1n) is 11.6. The maximum absolute atomic E-state index is 12.3. The van der Waals surface area contributed by atoms with E-state index in [4.69, 9.17) is 9.84 Å². The molecule has 0 radical (unpaired) electrons. The van der Waals surface area contributed by atoms with E-state index in [0.717, 1.165) is 34.8 Å². The number of rotatable bonds is 14. The number of aliphatic hydroxyl groups excluding tert-OH is 1. The summed E-state index contributed by atoms with van der Waals surface area (Å²) in [6.45, 7) is 1.09. The Balaban J connectivity index is 1.44. The third kappa shape index (κ3) is 8.83. The molecule has 0 aliphatic carbocycles. The summed E-state index contributed by atoms with van der Waals surface area (Å²) in [4.78, 5) is 28.7. The lowest BCUT2D eigenvalue weighted by Crippen LogP contribution is -2.34. The van der Waals surface area contributed by atoms with E-state index < -0.39 is 12.1 Å². The second-order valence-electron chi connectivity index (χ2n) is 8.25. The van der Waals surface area contributed by atoms with Gasteiger partial charge in [-0.3, -0.25) is 14.6 Å². The van der Waals surface area contributed by atoms with E-state index in [-0.39, 0.29) is 18.4 Å². The Kier molecular flexibility index (Phi) is 10.4. The van der Waals surface area contributed by atoms with Crippen molar-refractivity contribution in [1.82, 2.24) is 9.88 Å². The van der Waals surface area contributed by atoms with Gasteiger partial charge < -0.3 is 19.8 Å². The van der Waals surface area contributed by atoms with Gasteiger partial charge in [-0.05, 0) is 54.0 Å². The van der Waals surface area contributed by atoms with Gasteiger partial charge in [0.1, 0.15) is 12.4 Å². The Hall–Kier alpha value is -2.84. The Morgan fingerprint density at radius 3 is 2.85 bits per heavy atom. The smallest absolute Gasteiger partial charge is 0.303 e. The monoisotopic (exact) mass is 484 g/mol. The number of carbonyl (C=O) groups excluding carboxylic acids is 1. The van der Waals surface area contributed by atoms with Crippen LogP contribution in [-0.4, -0.2) is 62.2 Å². The predicted octanol–water partition coefficient (Wildman–Crippen LogP) is 3.71. The Bertz CT molecular complexity index is 953. The lowest BCUT2D eigenvalue weighted by Gasteiger charge is -2.22. The van der Waals surface area contributed by atoms with E-state index in [0.29, 0.717) is 32.4 Å². The van der Waals surface area contributed by atoms with Crippen molar-refractivity contribution in [3.05, 3.63) is 72.1 Å². The number of aliphatic carboxylic acids is 1. The molecule has 34 heavy (non-hydrogen) atoms. The summed E-state index contributed by atoms with van der Waals surface area (Å²) in [5, 5.41) is 19.2. The first-order valence-corrected chi connectivity index (χ1v) is 12.7. The molecule has 1 aliphatic heterocycles. The van der Waals surface area contributed by atoms with Crippen molar-refractivity contribution >= 4 is 23.6 Å². The maximum Gasteiger partial charge on any atom is 0.303 e. The molecule has 0 saturated carbocycles. The fraction of sp³-hybridized carbons (Fsp3) is 0.423. The molecule has 1 aromatic carbocycles. The van der Waals surface area contributed by atoms with Gasteiger partial charge in [0.25, 0.3) is 0 Å². The van der Waals surface area contributed by atoms with Crippen LogP contribution in [0.1, 0.15) is 36.8 Å². The molecule has 3 rings (SSSR count). The largest absolute Gasteiger partial charge is 0.489 e. The number of benzene rings is 1. The van der Waals surface area contributed by atoms with E-state index in [2.05, 4.69) is 4.98 Å². The van der Waals surface area contributed by atoms with Gasteiger partial charge >= 0.3 is 5.97 Å². The van der Waals surface area contributed by atoms with Crippen LogP contribution in [0.2, 0.25) is 0 Å². The van der Waals surface area contributed by atoms with Crippen molar-refractivity contribution in [3.8, 4) is 5.75 Å². The van der Waals surface area contributed by atoms with E-state index in [1.165, 1.54) is 0 Å². The molecule has 0 spiro atoms. The fourth-order valence-electron chi connectivity index (χ4n) is 3.81. The lowest BCUT2D eigenvalue weighted by molar-refractivity contribution is -0.137.